The van der Waals surface area contributed by atoms with Crippen LogP contribution in [-0.4, -0.2) is 9.13 Å². The summed E-state index contributed by atoms with van der Waals surface area (Å²) in [7, 11) is 0. The second-order valence-electron chi connectivity index (χ2n) is 11.9. The molecule has 0 spiro atoms. The number of benzene rings is 7. The molecule has 0 aliphatic carbocycles. The Kier molecular flexibility index (Phi) is 6.22. The molecule has 0 amide bonds. The van der Waals surface area contributed by atoms with Gasteiger partial charge in [0, 0.05) is 21.8 Å². The van der Waals surface area contributed by atoms with Gasteiger partial charge in [0.25, 0.3) is 0 Å². The standard InChI is InChI=1S/C44H26N4/c1-45-38-19-10-17-33(43(38)48-41-22-7-3-14-34(41)35-15-4-8-23-42(35)48)31-13-9-12-30(28-31)29-24-26-32(27-25-29)47-40-21-6-5-16-36(40)37-18-11-20-39(46-2)44(37)47/h3-28H. The number of aromatic nitrogens is 2. The number of rotatable bonds is 4. The van der Waals surface area contributed by atoms with E-state index in [9.17, 15) is 0 Å². The molecule has 0 unspecified atom stereocenters. The van der Waals surface area contributed by atoms with Gasteiger partial charge in [-0.2, -0.15) is 0 Å². The molecule has 0 radical (unpaired) electrons. The molecule has 48 heavy (non-hydrogen) atoms. The molecule has 9 aromatic rings. The molecule has 0 bridgehead atoms. The molecule has 222 valence electrons. The summed E-state index contributed by atoms with van der Waals surface area (Å²) in [5.41, 5.74) is 11.5. The molecule has 4 heteroatoms. The first kappa shape index (κ1) is 27.4. The third-order valence-electron chi connectivity index (χ3n) is 9.37. The van der Waals surface area contributed by atoms with Crippen molar-refractivity contribution in [3.8, 4) is 33.6 Å². The highest BCUT2D eigenvalue weighted by molar-refractivity contribution is 6.13. The fourth-order valence-electron chi connectivity index (χ4n) is 7.28. The predicted octanol–water partition coefficient (Wildman–Crippen LogP) is 12.3. The SMILES string of the molecule is [C-]#[N+]c1cccc(-c2cccc(-c3ccc(-n4c5ccccc5c5cccc([N+]#[C-])c54)cc3)c2)c1-n1c2ccccc2c2ccccc21. The van der Waals surface area contributed by atoms with Gasteiger partial charge in [-0.25, -0.2) is 9.69 Å². The lowest BCUT2D eigenvalue weighted by Gasteiger charge is -2.17. The quantitative estimate of drug-likeness (QED) is 0.177. The maximum atomic E-state index is 8.14. The Hall–Kier alpha value is -6.88. The first-order valence-corrected chi connectivity index (χ1v) is 15.8. The van der Waals surface area contributed by atoms with Crippen LogP contribution in [0.3, 0.4) is 0 Å². The minimum Gasteiger partial charge on any atom is -0.319 e. The van der Waals surface area contributed by atoms with E-state index in [4.69, 9.17) is 13.1 Å². The molecule has 0 fully saturated rings. The highest BCUT2D eigenvalue weighted by Crippen LogP contribution is 2.42. The van der Waals surface area contributed by atoms with Crippen molar-refractivity contribution in [2.75, 3.05) is 0 Å². The second-order valence-corrected chi connectivity index (χ2v) is 11.9. The van der Waals surface area contributed by atoms with E-state index in [0.717, 1.165) is 66.5 Å². The summed E-state index contributed by atoms with van der Waals surface area (Å²) in [6.07, 6.45) is 0. The van der Waals surface area contributed by atoms with Crippen LogP contribution < -0.4 is 0 Å². The number of hydrogen-bond acceptors (Lipinski definition) is 0. The molecule has 0 saturated carbocycles. The van der Waals surface area contributed by atoms with Crippen LogP contribution in [0, 0.1) is 13.1 Å². The summed E-state index contributed by atoms with van der Waals surface area (Å²) in [5, 5.41) is 4.55. The van der Waals surface area contributed by atoms with Crippen molar-refractivity contribution in [1.29, 1.82) is 0 Å². The fourth-order valence-corrected chi connectivity index (χ4v) is 7.28. The van der Waals surface area contributed by atoms with Gasteiger partial charge in [-0.3, -0.25) is 0 Å². The third kappa shape index (κ3) is 4.07. The van der Waals surface area contributed by atoms with E-state index in [2.05, 4.69) is 140 Å². The van der Waals surface area contributed by atoms with Crippen LogP contribution in [0.2, 0.25) is 0 Å². The summed E-state index contributed by atoms with van der Waals surface area (Å²) < 4.78 is 4.45. The topological polar surface area (TPSA) is 18.6 Å². The fraction of sp³-hybridized carbons (Fsp3) is 0. The van der Waals surface area contributed by atoms with Gasteiger partial charge in [-0.15, -0.1) is 0 Å². The minimum atomic E-state index is 0.610. The Labute approximate surface area is 277 Å². The maximum absolute atomic E-state index is 8.14. The van der Waals surface area contributed by atoms with Gasteiger partial charge in [-0.1, -0.05) is 121 Å². The van der Waals surface area contributed by atoms with Gasteiger partial charge in [0.05, 0.1) is 40.9 Å². The second kappa shape index (κ2) is 10.9. The lowest BCUT2D eigenvalue weighted by atomic mass is 9.97. The largest absolute Gasteiger partial charge is 0.319 e. The van der Waals surface area contributed by atoms with E-state index < -0.39 is 0 Å². The van der Waals surface area contributed by atoms with Gasteiger partial charge >= 0.3 is 0 Å². The molecule has 7 aromatic carbocycles. The Morgan fingerprint density at radius 2 is 0.917 bits per heavy atom. The minimum absolute atomic E-state index is 0.610. The van der Waals surface area contributed by atoms with Crippen molar-refractivity contribution < 1.29 is 0 Å². The van der Waals surface area contributed by atoms with Crippen LogP contribution in [-0.2, 0) is 0 Å². The van der Waals surface area contributed by atoms with Crippen molar-refractivity contribution in [2.45, 2.75) is 0 Å². The Morgan fingerprint density at radius 3 is 1.58 bits per heavy atom. The van der Waals surface area contributed by atoms with E-state index >= 15 is 0 Å². The van der Waals surface area contributed by atoms with Crippen molar-refractivity contribution in [1.82, 2.24) is 9.13 Å². The van der Waals surface area contributed by atoms with E-state index in [1.807, 2.05) is 36.4 Å². The molecule has 0 N–H and O–H groups in total. The monoisotopic (exact) mass is 610 g/mol. The zero-order chi connectivity index (χ0) is 32.2. The molecule has 9 rings (SSSR count). The van der Waals surface area contributed by atoms with Crippen LogP contribution in [0.15, 0.2) is 158 Å². The first-order chi connectivity index (χ1) is 23.7. The maximum Gasteiger partial charge on any atom is 0.211 e. The molecule has 0 aliphatic rings. The summed E-state index contributed by atoms with van der Waals surface area (Å²) in [6.45, 7) is 16.0. The van der Waals surface area contributed by atoms with Crippen molar-refractivity contribution >= 4 is 55.0 Å². The smallest absolute Gasteiger partial charge is 0.211 e. The molecular weight excluding hydrogens is 585 g/mol. The van der Waals surface area contributed by atoms with E-state index in [1.165, 1.54) is 10.8 Å². The first-order valence-electron chi connectivity index (χ1n) is 15.8. The van der Waals surface area contributed by atoms with Crippen LogP contribution in [0.5, 0.6) is 0 Å². The molecular formula is C44H26N4. The normalized spacial score (nSPS) is 11.3. The van der Waals surface area contributed by atoms with Crippen LogP contribution in [0.4, 0.5) is 11.4 Å². The van der Waals surface area contributed by atoms with Crippen LogP contribution in [0.25, 0.3) is 86.9 Å². The van der Waals surface area contributed by atoms with Gasteiger partial charge in [0.15, 0.2) is 0 Å². The predicted molar refractivity (Wildman–Crippen MR) is 199 cm³/mol. The molecule has 2 heterocycles. The Morgan fingerprint density at radius 1 is 0.396 bits per heavy atom. The summed E-state index contributed by atoms with van der Waals surface area (Å²) in [5.74, 6) is 0. The number of fused-ring (bicyclic) bond motifs is 6. The van der Waals surface area contributed by atoms with E-state index in [-0.39, 0.29) is 0 Å². The summed E-state index contributed by atoms with van der Waals surface area (Å²) >= 11 is 0. The van der Waals surface area contributed by atoms with Gasteiger partial charge in [0.1, 0.15) is 0 Å². The third-order valence-corrected chi connectivity index (χ3v) is 9.37. The average Bonchev–Trinajstić information content (AvgIpc) is 3.68. The lowest BCUT2D eigenvalue weighted by Crippen LogP contribution is -1.98. The summed E-state index contributed by atoms with van der Waals surface area (Å²) in [4.78, 5) is 7.87. The van der Waals surface area contributed by atoms with Gasteiger partial charge in [-0.05, 0) is 64.0 Å². The lowest BCUT2D eigenvalue weighted by molar-refractivity contribution is 1.18. The van der Waals surface area contributed by atoms with Crippen LogP contribution in [0.1, 0.15) is 0 Å². The Balaban J connectivity index is 1.19. The van der Waals surface area contributed by atoms with E-state index in [1.54, 1.807) is 0 Å². The van der Waals surface area contributed by atoms with Crippen molar-refractivity contribution in [3.63, 3.8) is 0 Å². The molecule has 2 aromatic heterocycles. The molecule has 0 aliphatic heterocycles. The molecule has 0 saturated heterocycles. The molecule has 0 atom stereocenters. The average molecular weight is 611 g/mol. The number of hydrogen-bond donors (Lipinski definition) is 0. The van der Waals surface area contributed by atoms with E-state index in [0.29, 0.717) is 11.4 Å². The zero-order valence-corrected chi connectivity index (χ0v) is 25.8. The molecule has 4 nitrogen and oxygen atoms in total. The van der Waals surface area contributed by atoms with Crippen molar-refractivity contribution in [3.05, 3.63) is 181 Å². The zero-order valence-electron chi connectivity index (χ0n) is 25.8. The highest BCUT2D eigenvalue weighted by Gasteiger charge is 2.19. The highest BCUT2D eigenvalue weighted by atomic mass is 15.0. The number of nitrogens with zero attached hydrogens (tertiary/aromatic N) is 4. The van der Waals surface area contributed by atoms with Gasteiger partial charge < -0.3 is 9.13 Å². The van der Waals surface area contributed by atoms with Gasteiger partial charge in [0.2, 0.25) is 11.4 Å². The number of para-hydroxylation sites is 5. The Bertz CT molecular complexity index is 2750. The van der Waals surface area contributed by atoms with Crippen molar-refractivity contribution in [2.24, 2.45) is 0 Å². The van der Waals surface area contributed by atoms with Crippen LogP contribution >= 0.6 is 0 Å². The summed E-state index contributed by atoms with van der Waals surface area (Å²) in [6, 6.07) is 54.3.